The zero-order chi connectivity index (χ0) is 17.1. The highest BCUT2D eigenvalue weighted by Crippen LogP contribution is 2.66. The van der Waals surface area contributed by atoms with E-state index in [1.165, 1.54) is 44.0 Å². The van der Waals surface area contributed by atoms with Gasteiger partial charge in [0.05, 0.1) is 0 Å². The maximum Gasteiger partial charge on any atom is 0.178 e. The van der Waals surface area contributed by atoms with Crippen LogP contribution >= 0.6 is 0 Å². The van der Waals surface area contributed by atoms with Crippen LogP contribution in [-0.4, -0.2) is 12.1 Å². The molecule has 0 aromatic heterocycles. The van der Waals surface area contributed by atoms with Crippen molar-refractivity contribution >= 4 is 12.1 Å². The molecule has 0 aromatic rings. The third-order valence-electron chi connectivity index (χ3n) is 8.48. The predicted octanol–water partition coefficient (Wildman–Crippen LogP) is 4.75. The van der Waals surface area contributed by atoms with E-state index in [9.17, 15) is 9.59 Å². The Balaban J connectivity index is 1.66. The first-order valence-corrected chi connectivity index (χ1v) is 9.79. The van der Waals surface area contributed by atoms with Crippen LogP contribution in [-0.2, 0) is 9.59 Å². The van der Waals surface area contributed by atoms with E-state index >= 15 is 0 Å². The van der Waals surface area contributed by atoms with Gasteiger partial charge in [-0.2, -0.15) is 0 Å². The van der Waals surface area contributed by atoms with Gasteiger partial charge in [0.15, 0.2) is 5.78 Å². The van der Waals surface area contributed by atoms with Crippen molar-refractivity contribution in [2.24, 2.45) is 40.4 Å². The lowest BCUT2D eigenvalue weighted by molar-refractivity contribution is -0.115. The third kappa shape index (κ3) is 2.07. The lowest BCUT2D eigenvalue weighted by Crippen LogP contribution is -2.50. The van der Waals surface area contributed by atoms with Crippen LogP contribution in [0.1, 0.15) is 59.3 Å². The molecule has 0 aliphatic heterocycles. The van der Waals surface area contributed by atoms with Crippen LogP contribution in [0.5, 0.6) is 0 Å². The van der Waals surface area contributed by atoms with Gasteiger partial charge in [-0.3, -0.25) is 4.79 Å². The van der Waals surface area contributed by atoms with Gasteiger partial charge in [-0.1, -0.05) is 32.4 Å². The standard InChI is InChI=1S/C22H30O2/c1-14(13-23)18-6-7-19-17-5-4-15-12-16(24)8-10-21(15,2)20(17)9-11-22(18,19)3/h8,10,12-14,17-20H,4-7,9,11H2,1-3H3/t14-,17-,18+,19-,20-,21-,22+/m0/s1. The topological polar surface area (TPSA) is 34.1 Å². The third-order valence-corrected chi connectivity index (χ3v) is 8.48. The second-order valence-corrected chi connectivity index (χ2v) is 9.33. The average molecular weight is 326 g/mol. The number of ketones is 1. The number of allylic oxidation sites excluding steroid dienone is 4. The van der Waals surface area contributed by atoms with Crippen LogP contribution in [0.3, 0.4) is 0 Å². The SMILES string of the molecule is C[C@@H](C=O)[C@H]1CC[C@H]2[C@@H]3CCC4=CC(=O)C=C[C@]4(C)[C@H]3CC[C@]12C. The smallest absolute Gasteiger partial charge is 0.178 e. The van der Waals surface area contributed by atoms with Crippen molar-refractivity contribution in [1.29, 1.82) is 0 Å². The van der Waals surface area contributed by atoms with E-state index in [-0.39, 0.29) is 17.1 Å². The molecule has 0 saturated heterocycles. The molecule has 4 rings (SSSR count). The maximum atomic E-state index is 11.8. The van der Waals surface area contributed by atoms with E-state index in [1.54, 1.807) is 6.08 Å². The summed E-state index contributed by atoms with van der Waals surface area (Å²) in [5.74, 6) is 3.11. The summed E-state index contributed by atoms with van der Waals surface area (Å²) in [4.78, 5) is 23.2. The molecule has 0 radical (unpaired) electrons. The van der Waals surface area contributed by atoms with Gasteiger partial charge in [0.25, 0.3) is 0 Å². The summed E-state index contributed by atoms with van der Waals surface area (Å²) in [6.45, 7) is 6.96. The number of carbonyl (C=O) groups excluding carboxylic acids is 2. The minimum absolute atomic E-state index is 0.0898. The van der Waals surface area contributed by atoms with Crippen molar-refractivity contribution in [2.45, 2.75) is 59.3 Å². The fraction of sp³-hybridized carbons (Fsp3) is 0.727. The molecular weight excluding hydrogens is 296 g/mol. The van der Waals surface area contributed by atoms with Crippen LogP contribution in [0.2, 0.25) is 0 Å². The van der Waals surface area contributed by atoms with Gasteiger partial charge in [0, 0.05) is 11.3 Å². The normalized spacial score (nSPS) is 48.1. The quantitative estimate of drug-likeness (QED) is 0.687. The molecule has 0 unspecified atom stereocenters. The molecule has 2 nitrogen and oxygen atoms in total. The summed E-state index contributed by atoms with van der Waals surface area (Å²) >= 11 is 0. The van der Waals surface area contributed by atoms with Gasteiger partial charge >= 0.3 is 0 Å². The van der Waals surface area contributed by atoms with Crippen LogP contribution in [0.25, 0.3) is 0 Å². The highest BCUT2D eigenvalue weighted by atomic mass is 16.1. The highest BCUT2D eigenvalue weighted by Gasteiger charge is 2.58. The Morgan fingerprint density at radius 3 is 2.71 bits per heavy atom. The Morgan fingerprint density at radius 1 is 1.17 bits per heavy atom. The first kappa shape index (κ1) is 16.3. The summed E-state index contributed by atoms with van der Waals surface area (Å²) in [5, 5.41) is 0. The molecule has 130 valence electrons. The zero-order valence-corrected chi connectivity index (χ0v) is 15.3. The molecule has 0 spiro atoms. The van der Waals surface area contributed by atoms with Gasteiger partial charge in [0.1, 0.15) is 6.29 Å². The fourth-order valence-corrected chi connectivity index (χ4v) is 7.20. The second-order valence-electron chi connectivity index (χ2n) is 9.33. The first-order valence-electron chi connectivity index (χ1n) is 9.79. The Kier molecular flexibility index (Phi) is 3.67. The molecule has 0 bridgehead atoms. The second kappa shape index (κ2) is 5.41. The molecule has 4 aliphatic rings. The van der Waals surface area contributed by atoms with E-state index < -0.39 is 0 Å². The molecule has 3 saturated carbocycles. The van der Waals surface area contributed by atoms with Crippen molar-refractivity contribution in [1.82, 2.24) is 0 Å². The minimum Gasteiger partial charge on any atom is -0.303 e. The molecule has 0 N–H and O–H groups in total. The van der Waals surface area contributed by atoms with E-state index in [4.69, 9.17) is 0 Å². The fourth-order valence-electron chi connectivity index (χ4n) is 7.20. The minimum atomic E-state index is 0.0898. The summed E-state index contributed by atoms with van der Waals surface area (Å²) in [7, 11) is 0. The van der Waals surface area contributed by atoms with Crippen LogP contribution < -0.4 is 0 Å². The Labute approximate surface area is 145 Å². The molecule has 0 aromatic carbocycles. The summed E-state index contributed by atoms with van der Waals surface area (Å²) in [6, 6.07) is 0. The monoisotopic (exact) mass is 326 g/mol. The lowest BCUT2D eigenvalue weighted by atomic mass is 9.47. The van der Waals surface area contributed by atoms with Crippen LogP contribution in [0.4, 0.5) is 0 Å². The molecular formula is C22H30O2. The van der Waals surface area contributed by atoms with Gasteiger partial charge in [-0.25, -0.2) is 0 Å². The largest absolute Gasteiger partial charge is 0.303 e. The van der Waals surface area contributed by atoms with Crippen molar-refractivity contribution in [3.8, 4) is 0 Å². The molecule has 3 fully saturated rings. The van der Waals surface area contributed by atoms with Crippen molar-refractivity contribution < 1.29 is 9.59 Å². The Morgan fingerprint density at radius 2 is 1.96 bits per heavy atom. The van der Waals surface area contributed by atoms with Gasteiger partial charge in [0.2, 0.25) is 0 Å². The molecule has 0 amide bonds. The zero-order valence-electron chi connectivity index (χ0n) is 15.3. The number of hydrogen-bond donors (Lipinski definition) is 0. The van der Waals surface area contributed by atoms with E-state index in [1.807, 2.05) is 6.08 Å². The molecule has 7 atom stereocenters. The van der Waals surface area contributed by atoms with Crippen molar-refractivity contribution in [3.63, 3.8) is 0 Å². The van der Waals surface area contributed by atoms with E-state index in [0.29, 0.717) is 17.3 Å². The maximum absolute atomic E-state index is 11.8. The van der Waals surface area contributed by atoms with Gasteiger partial charge in [-0.05, 0) is 79.8 Å². The van der Waals surface area contributed by atoms with E-state index in [0.717, 1.165) is 18.3 Å². The summed E-state index contributed by atoms with van der Waals surface area (Å²) < 4.78 is 0. The number of rotatable bonds is 2. The van der Waals surface area contributed by atoms with Gasteiger partial charge in [-0.15, -0.1) is 0 Å². The number of carbonyl (C=O) groups is 2. The van der Waals surface area contributed by atoms with Crippen molar-refractivity contribution in [3.05, 3.63) is 23.8 Å². The predicted molar refractivity (Wildman–Crippen MR) is 95.3 cm³/mol. The Hall–Kier alpha value is -1.18. The van der Waals surface area contributed by atoms with E-state index in [2.05, 4.69) is 26.8 Å². The first-order chi connectivity index (χ1) is 11.4. The number of fused-ring (bicyclic) bond motifs is 5. The molecule has 24 heavy (non-hydrogen) atoms. The number of hydrogen-bond acceptors (Lipinski definition) is 2. The summed E-state index contributed by atoms with van der Waals surface area (Å²) in [6.07, 6.45) is 14.4. The Bertz CT molecular complexity index is 630. The number of aldehydes is 1. The van der Waals surface area contributed by atoms with Gasteiger partial charge < -0.3 is 4.79 Å². The summed E-state index contributed by atoms with van der Waals surface area (Å²) in [5.41, 5.74) is 1.80. The molecule has 4 aliphatic carbocycles. The molecule has 0 heterocycles. The van der Waals surface area contributed by atoms with Crippen LogP contribution in [0.15, 0.2) is 23.8 Å². The van der Waals surface area contributed by atoms with Crippen LogP contribution in [0, 0.1) is 40.4 Å². The lowest BCUT2D eigenvalue weighted by Gasteiger charge is -2.57. The van der Waals surface area contributed by atoms with Crippen molar-refractivity contribution in [2.75, 3.05) is 0 Å². The highest BCUT2D eigenvalue weighted by molar-refractivity contribution is 6.01. The average Bonchev–Trinajstić information content (AvgIpc) is 2.92. The molecule has 2 heteroatoms.